The normalized spacial score (nSPS) is 10.0. The van der Waals surface area contributed by atoms with Crippen LogP contribution in [0.1, 0.15) is 5.56 Å². The van der Waals surface area contributed by atoms with Crippen LogP contribution < -0.4 is 5.32 Å². The molecule has 6 nitrogen and oxygen atoms in total. The van der Waals surface area contributed by atoms with Gasteiger partial charge in [0.2, 0.25) is 0 Å². The van der Waals surface area contributed by atoms with E-state index >= 15 is 0 Å². The summed E-state index contributed by atoms with van der Waals surface area (Å²) in [6.45, 7) is 0.343. The van der Waals surface area contributed by atoms with E-state index in [1.807, 2.05) is 30.5 Å². The van der Waals surface area contributed by atoms with Gasteiger partial charge in [-0.2, -0.15) is 0 Å². The van der Waals surface area contributed by atoms with Crippen molar-refractivity contribution in [2.75, 3.05) is 5.32 Å². The molecule has 0 aliphatic heterocycles. The van der Waals surface area contributed by atoms with E-state index in [-0.39, 0.29) is 11.4 Å². The molecule has 1 aromatic heterocycles. The van der Waals surface area contributed by atoms with E-state index in [0.29, 0.717) is 12.1 Å². The summed E-state index contributed by atoms with van der Waals surface area (Å²) in [7, 11) is 0. The Morgan fingerprint density at radius 1 is 0.857 bits per heavy atom. The second-order valence-corrected chi connectivity index (χ2v) is 5.96. The maximum atomic E-state index is 10.9. The zero-order chi connectivity index (χ0) is 19.8. The Kier molecular flexibility index (Phi) is 6.15. The first kappa shape index (κ1) is 18.8. The third-order valence-corrected chi connectivity index (χ3v) is 4.04. The van der Waals surface area contributed by atoms with Gasteiger partial charge < -0.3 is 5.32 Å². The second-order valence-electron chi connectivity index (χ2n) is 5.96. The van der Waals surface area contributed by atoms with Crippen LogP contribution in [0.25, 0.3) is 10.9 Å². The SMILES string of the molecule is [O]c1ccc(NCc2ccccc2[N+](=O)[O-])cc1.c1ccc2ncccc2c1. The standard InChI is InChI=1S/C13H11N2O3.C9H7N/c16-12-7-5-11(6-8-12)14-9-10-3-1-2-4-13(10)15(17)18;1-2-6-9-8(4-1)5-3-7-10-9/h1-8,14H,9H2;1-7H. The molecular weight excluding hydrogens is 354 g/mol. The molecule has 0 unspecified atom stereocenters. The van der Waals surface area contributed by atoms with Gasteiger partial charge in [0.15, 0.2) is 5.75 Å². The minimum Gasteiger partial charge on any atom is -0.381 e. The lowest BCUT2D eigenvalue weighted by Crippen LogP contribution is -2.02. The van der Waals surface area contributed by atoms with Gasteiger partial charge in [-0.25, -0.2) is 0 Å². The number of anilines is 1. The van der Waals surface area contributed by atoms with Crippen LogP contribution in [0.4, 0.5) is 11.4 Å². The molecule has 0 saturated heterocycles. The number of hydrogen-bond acceptors (Lipinski definition) is 4. The number of nitrogens with one attached hydrogen (secondary N) is 1. The predicted octanol–water partition coefficient (Wildman–Crippen LogP) is 5.59. The molecule has 4 rings (SSSR count). The number of benzene rings is 3. The summed E-state index contributed by atoms with van der Waals surface area (Å²) in [6.07, 6.45) is 1.81. The van der Waals surface area contributed by atoms with Crippen LogP contribution in [-0.2, 0) is 11.7 Å². The van der Waals surface area contributed by atoms with E-state index in [0.717, 1.165) is 11.2 Å². The highest BCUT2D eigenvalue weighted by Crippen LogP contribution is 2.20. The fourth-order valence-electron chi connectivity index (χ4n) is 2.62. The Morgan fingerprint density at radius 3 is 2.29 bits per heavy atom. The molecule has 3 aromatic carbocycles. The first-order chi connectivity index (χ1) is 13.6. The van der Waals surface area contributed by atoms with Gasteiger partial charge >= 0.3 is 0 Å². The van der Waals surface area contributed by atoms with E-state index < -0.39 is 4.92 Å². The Labute approximate surface area is 162 Å². The first-order valence-corrected chi connectivity index (χ1v) is 8.66. The molecule has 0 bridgehead atoms. The van der Waals surface area contributed by atoms with Gasteiger partial charge in [-0.1, -0.05) is 42.5 Å². The third kappa shape index (κ3) is 5.04. The molecule has 0 fully saturated rings. The average molecular weight is 372 g/mol. The summed E-state index contributed by atoms with van der Waals surface area (Å²) in [6, 6.07) is 24.8. The van der Waals surface area contributed by atoms with E-state index in [1.54, 1.807) is 30.3 Å². The van der Waals surface area contributed by atoms with Crippen LogP contribution in [-0.4, -0.2) is 9.91 Å². The van der Waals surface area contributed by atoms with Gasteiger partial charge in [0.1, 0.15) is 0 Å². The van der Waals surface area contributed by atoms with E-state index in [2.05, 4.69) is 22.4 Å². The highest BCUT2D eigenvalue weighted by atomic mass is 16.6. The monoisotopic (exact) mass is 372 g/mol. The van der Waals surface area contributed by atoms with Crippen molar-refractivity contribution in [3.8, 4) is 5.75 Å². The number of aromatic nitrogens is 1. The van der Waals surface area contributed by atoms with Crippen LogP contribution in [0.2, 0.25) is 0 Å². The van der Waals surface area contributed by atoms with Crippen molar-refractivity contribution in [2.45, 2.75) is 6.54 Å². The van der Waals surface area contributed by atoms with Crippen LogP contribution in [0.5, 0.6) is 5.75 Å². The summed E-state index contributed by atoms with van der Waals surface area (Å²) in [5.41, 5.74) is 2.51. The number of nitro benzene ring substituents is 1. The van der Waals surface area contributed by atoms with Crippen LogP contribution in [0.3, 0.4) is 0 Å². The number of nitro groups is 1. The summed E-state index contributed by atoms with van der Waals surface area (Å²) < 4.78 is 0. The maximum absolute atomic E-state index is 10.9. The highest BCUT2D eigenvalue weighted by Gasteiger charge is 2.11. The highest BCUT2D eigenvalue weighted by molar-refractivity contribution is 5.77. The number of nitrogens with zero attached hydrogens (tertiary/aromatic N) is 2. The Balaban J connectivity index is 0.000000188. The third-order valence-electron chi connectivity index (χ3n) is 4.04. The summed E-state index contributed by atoms with van der Waals surface area (Å²) in [4.78, 5) is 14.6. The Bertz CT molecular complexity index is 1000. The zero-order valence-electron chi connectivity index (χ0n) is 15.0. The van der Waals surface area contributed by atoms with Gasteiger partial charge in [-0.05, 0) is 36.4 Å². The number of pyridine rings is 1. The van der Waals surface area contributed by atoms with Crippen molar-refractivity contribution in [3.63, 3.8) is 0 Å². The minimum absolute atomic E-state index is 0.0637. The van der Waals surface area contributed by atoms with Crippen molar-refractivity contribution < 1.29 is 10.0 Å². The molecule has 6 heteroatoms. The predicted molar refractivity (Wildman–Crippen MR) is 109 cm³/mol. The maximum Gasteiger partial charge on any atom is 0.274 e. The zero-order valence-corrected chi connectivity index (χ0v) is 15.0. The molecule has 0 aliphatic carbocycles. The van der Waals surface area contributed by atoms with Crippen LogP contribution in [0, 0.1) is 10.1 Å². The molecule has 0 atom stereocenters. The summed E-state index contributed by atoms with van der Waals surface area (Å²) in [5.74, 6) is -0.0637. The molecule has 139 valence electrons. The Morgan fingerprint density at radius 2 is 1.54 bits per heavy atom. The smallest absolute Gasteiger partial charge is 0.274 e. The van der Waals surface area contributed by atoms with Crippen molar-refractivity contribution in [1.29, 1.82) is 0 Å². The lowest BCUT2D eigenvalue weighted by atomic mass is 10.2. The van der Waals surface area contributed by atoms with Gasteiger partial charge in [0, 0.05) is 35.4 Å². The van der Waals surface area contributed by atoms with Gasteiger partial charge in [-0.15, -0.1) is 0 Å². The lowest BCUT2D eigenvalue weighted by Gasteiger charge is -2.06. The van der Waals surface area contributed by atoms with Gasteiger partial charge in [0.25, 0.3) is 5.69 Å². The minimum atomic E-state index is -0.405. The van der Waals surface area contributed by atoms with Crippen LogP contribution in [0.15, 0.2) is 91.1 Å². The molecule has 0 amide bonds. The molecule has 0 aliphatic rings. The van der Waals surface area contributed by atoms with E-state index in [1.165, 1.54) is 23.6 Å². The quantitative estimate of drug-likeness (QED) is 0.374. The summed E-state index contributed by atoms with van der Waals surface area (Å²) >= 11 is 0. The van der Waals surface area contributed by atoms with Crippen molar-refractivity contribution in [1.82, 2.24) is 4.98 Å². The van der Waals surface area contributed by atoms with Crippen molar-refractivity contribution >= 4 is 22.3 Å². The largest absolute Gasteiger partial charge is 0.381 e. The Hall–Kier alpha value is -3.93. The number of rotatable bonds is 4. The van der Waals surface area contributed by atoms with Gasteiger partial charge in [0.05, 0.1) is 10.4 Å². The second kappa shape index (κ2) is 9.14. The molecule has 4 aromatic rings. The average Bonchev–Trinajstić information content (AvgIpc) is 2.74. The molecule has 28 heavy (non-hydrogen) atoms. The number of para-hydroxylation sites is 2. The molecular formula is C22H18N3O3. The molecule has 1 heterocycles. The lowest BCUT2D eigenvalue weighted by molar-refractivity contribution is -0.385. The molecule has 1 radical (unpaired) electrons. The van der Waals surface area contributed by atoms with Gasteiger partial charge in [-0.3, -0.25) is 20.2 Å². The fraction of sp³-hybridized carbons (Fsp3) is 0.0455. The molecule has 0 saturated carbocycles. The van der Waals surface area contributed by atoms with Crippen molar-refractivity contribution in [3.05, 3.63) is 107 Å². The summed E-state index contributed by atoms with van der Waals surface area (Å²) in [5, 5.41) is 26.0. The van der Waals surface area contributed by atoms with E-state index in [9.17, 15) is 15.2 Å². The first-order valence-electron chi connectivity index (χ1n) is 8.66. The topological polar surface area (TPSA) is 88.0 Å². The van der Waals surface area contributed by atoms with Crippen LogP contribution >= 0.6 is 0 Å². The fourth-order valence-corrected chi connectivity index (χ4v) is 2.62. The molecule has 1 N–H and O–H groups in total. The number of fused-ring (bicyclic) bond motifs is 1. The molecule has 0 spiro atoms. The van der Waals surface area contributed by atoms with E-state index in [4.69, 9.17) is 0 Å². The number of hydrogen-bond donors (Lipinski definition) is 1. The van der Waals surface area contributed by atoms with Crippen molar-refractivity contribution in [2.24, 2.45) is 0 Å².